The van der Waals surface area contributed by atoms with Crippen molar-refractivity contribution < 1.29 is 19.1 Å². The molecule has 1 aromatic rings. The van der Waals surface area contributed by atoms with Crippen LogP contribution in [0.25, 0.3) is 0 Å². The second-order valence-electron chi connectivity index (χ2n) is 7.72. The Kier molecular flexibility index (Phi) is 12.0. The van der Waals surface area contributed by atoms with Gasteiger partial charge >= 0.3 is 5.97 Å². The molecule has 4 N–H and O–H groups in total. The van der Waals surface area contributed by atoms with E-state index < -0.39 is 29.4 Å². The summed E-state index contributed by atoms with van der Waals surface area (Å²) in [5.41, 5.74) is 5.44. The molecular formula is C21H33Cl2N3O4. The van der Waals surface area contributed by atoms with Crippen LogP contribution in [0.3, 0.4) is 0 Å². The van der Waals surface area contributed by atoms with E-state index in [2.05, 4.69) is 10.6 Å². The standard InChI is InChI=1S/C21H32ClN3O4.ClH/c1-6-29-19(27)16(11-12-23)24-18(26)17(13(2)3)25-20(28)21(4,5)14-7-9-15(22)10-8-14;/h7-10,13,16-17H,6,11-12,23H2,1-5H3,(H,24,26)(H,25,28);1H/t16-,17+;/m1./s1. The topological polar surface area (TPSA) is 111 Å². The molecule has 170 valence electrons. The summed E-state index contributed by atoms with van der Waals surface area (Å²) in [5.74, 6) is -1.49. The lowest BCUT2D eigenvalue weighted by Crippen LogP contribution is -2.56. The normalized spacial score (nSPS) is 13.1. The van der Waals surface area contributed by atoms with Gasteiger partial charge in [0.2, 0.25) is 11.8 Å². The fraction of sp³-hybridized carbons (Fsp3) is 0.571. The maximum absolute atomic E-state index is 13.0. The molecule has 1 aromatic carbocycles. The highest BCUT2D eigenvalue weighted by Crippen LogP contribution is 2.25. The number of amides is 2. The van der Waals surface area contributed by atoms with Crippen molar-refractivity contribution in [2.45, 2.75) is 58.5 Å². The predicted molar refractivity (Wildman–Crippen MR) is 121 cm³/mol. The molecule has 0 radical (unpaired) electrons. The number of carbonyl (C=O) groups is 3. The average molecular weight is 462 g/mol. The summed E-state index contributed by atoms with van der Waals surface area (Å²) in [6.07, 6.45) is 0.250. The minimum Gasteiger partial charge on any atom is -0.464 e. The van der Waals surface area contributed by atoms with Crippen LogP contribution >= 0.6 is 24.0 Å². The Balaban J connectivity index is 0.00000841. The molecule has 9 heteroatoms. The van der Waals surface area contributed by atoms with E-state index in [0.717, 1.165) is 5.56 Å². The molecule has 7 nitrogen and oxygen atoms in total. The van der Waals surface area contributed by atoms with Gasteiger partial charge in [0.1, 0.15) is 12.1 Å². The van der Waals surface area contributed by atoms with Gasteiger partial charge in [0.05, 0.1) is 12.0 Å². The first-order valence-electron chi connectivity index (χ1n) is 9.78. The third-order valence-electron chi connectivity index (χ3n) is 4.71. The monoisotopic (exact) mass is 461 g/mol. The number of benzene rings is 1. The zero-order valence-corrected chi connectivity index (χ0v) is 19.7. The summed E-state index contributed by atoms with van der Waals surface area (Å²) in [6, 6.07) is 5.33. The molecule has 1 rings (SSSR count). The second kappa shape index (κ2) is 12.8. The number of rotatable bonds is 10. The summed E-state index contributed by atoms with van der Waals surface area (Å²) in [7, 11) is 0. The Morgan fingerprint density at radius 3 is 2.17 bits per heavy atom. The van der Waals surface area contributed by atoms with E-state index in [1.165, 1.54) is 0 Å². The van der Waals surface area contributed by atoms with Crippen LogP contribution in [-0.2, 0) is 24.5 Å². The van der Waals surface area contributed by atoms with Crippen molar-refractivity contribution in [2.75, 3.05) is 13.2 Å². The summed E-state index contributed by atoms with van der Waals surface area (Å²) >= 11 is 5.93. The first kappa shape index (κ1) is 28.2. The molecular weight excluding hydrogens is 429 g/mol. The van der Waals surface area contributed by atoms with Crippen LogP contribution in [0.1, 0.15) is 46.6 Å². The first-order valence-corrected chi connectivity index (χ1v) is 10.2. The fourth-order valence-electron chi connectivity index (χ4n) is 2.77. The molecule has 2 atom stereocenters. The first-order chi connectivity index (χ1) is 13.5. The van der Waals surface area contributed by atoms with E-state index in [0.29, 0.717) is 5.02 Å². The Morgan fingerprint density at radius 1 is 1.13 bits per heavy atom. The molecule has 0 bridgehead atoms. The van der Waals surface area contributed by atoms with Crippen molar-refractivity contribution in [3.05, 3.63) is 34.9 Å². The van der Waals surface area contributed by atoms with Gasteiger partial charge in [0.15, 0.2) is 0 Å². The summed E-state index contributed by atoms with van der Waals surface area (Å²) in [6.45, 7) is 9.30. The molecule has 0 spiro atoms. The van der Waals surface area contributed by atoms with Gasteiger partial charge in [-0.2, -0.15) is 0 Å². The Morgan fingerprint density at radius 2 is 1.70 bits per heavy atom. The van der Waals surface area contributed by atoms with Crippen molar-refractivity contribution in [1.29, 1.82) is 0 Å². The lowest BCUT2D eigenvalue weighted by atomic mass is 9.83. The molecule has 2 amide bonds. The second-order valence-corrected chi connectivity index (χ2v) is 8.15. The van der Waals surface area contributed by atoms with Crippen molar-refractivity contribution in [1.82, 2.24) is 10.6 Å². The van der Waals surface area contributed by atoms with Crippen LogP contribution in [-0.4, -0.2) is 43.0 Å². The van der Waals surface area contributed by atoms with Crippen LogP contribution in [0, 0.1) is 5.92 Å². The van der Waals surface area contributed by atoms with Gasteiger partial charge in [-0.1, -0.05) is 37.6 Å². The van der Waals surface area contributed by atoms with E-state index in [4.69, 9.17) is 22.1 Å². The van der Waals surface area contributed by atoms with Crippen LogP contribution in [0.5, 0.6) is 0 Å². The largest absolute Gasteiger partial charge is 0.464 e. The van der Waals surface area contributed by atoms with Gasteiger partial charge in [0, 0.05) is 5.02 Å². The molecule has 30 heavy (non-hydrogen) atoms. The maximum Gasteiger partial charge on any atom is 0.328 e. The molecule has 0 heterocycles. The number of hydrogen-bond acceptors (Lipinski definition) is 5. The van der Waals surface area contributed by atoms with Gasteiger partial charge < -0.3 is 21.1 Å². The van der Waals surface area contributed by atoms with E-state index in [-0.39, 0.29) is 43.8 Å². The molecule has 0 saturated carbocycles. The van der Waals surface area contributed by atoms with Gasteiger partial charge in [-0.3, -0.25) is 9.59 Å². The van der Waals surface area contributed by atoms with Gasteiger partial charge in [-0.05, 0) is 57.4 Å². The van der Waals surface area contributed by atoms with Crippen molar-refractivity contribution in [2.24, 2.45) is 11.7 Å². The third kappa shape index (κ3) is 7.78. The van der Waals surface area contributed by atoms with Crippen LogP contribution in [0.2, 0.25) is 5.02 Å². The van der Waals surface area contributed by atoms with Gasteiger partial charge in [0.25, 0.3) is 0 Å². The molecule has 0 aliphatic carbocycles. The predicted octanol–water partition coefficient (Wildman–Crippen LogP) is 2.58. The smallest absolute Gasteiger partial charge is 0.328 e. The van der Waals surface area contributed by atoms with Crippen molar-refractivity contribution in [3.8, 4) is 0 Å². The lowest BCUT2D eigenvalue weighted by molar-refractivity contribution is -0.148. The summed E-state index contributed by atoms with van der Waals surface area (Å²) < 4.78 is 4.99. The molecule has 0 aliphatic heterocycles. The van der Waals surface area contributed by atoms with Crippen LogP contribution in [0.4, 0.5) is 0 Å². The minimum atomic E-state index is -0.879. The van der Waals surface area contributed by atoms with E-state index in [9.17, 15) is 14.4 Å². The number of nitrogens with one attached hydrogen (secondary N) is 2. The van der Waals surface area contributed by atoms with Crippen LogP contribution in [0.15, 0.2) is 24.3 Å². The zero-order chi connectivity index (χ0) is 22.2. The molecule has 0 aromatic heterocycles. The SMILES string of the molecule is CCOC(=O)[C@@H](CCN)NC(=O)[C@@H](NC(=O)C(C)(C)c1ccc(Cl)cc1)C(C)C.Cl. The highest BCUT2D eigenvalue weighted by Gasteiger charge is 2.35. The zero-order valence-electron chi connectivity index (χ0n) is 18.2. The van der Waals surface area contributed by atoms with E-state index in [1.54, 1.807) is 45.0 Å². The van der Waals surface area contributed by atoms with E-state index in [1.807, 2.05) is 13.8 Å². The summed E-state index contributed by atoms with van der Waals surface area (Å²) in [5, 5.41) is 6.06. The summed E-state index contributed by atoms with van der Waals surface area (Å²) in [4.78, 5) is 37.9. The number of ether oxygens (including phenoxy) is 1. The van der Waals surface area contributed by atoms with Crippen molar-refractivity contribution >= 4 is 41.8 Å². The van der Waals surface area contributed by atoms with Gasteiger partial charge in [-0.25, -0.2) is 4.79 Å². The quantitative estimate of drug-likeness (QED) is 0.463. The number of carbonyl (C=O) groups excluding carboxylic acids is 3. The number of nitrogens with two attached hydrogens (primary N) is 1. The number of halogens is 2. The van der Waals surface area contributed by atoms with Crippen LogP contribution < -0.4 is 16.4 Å². The molecule has 0 unspecified atom stereocenters. The Hall–Kier alpha value is -1.83. The molecule has 0 saturated heterocycles. The molecule has 0 fully saturated rings. The maximum atomic E-state index is 13.0. The number of esters is 1. The third-order valence-corrected chi connectivity index (χ3v) is 4.96. The fourth-order valence-corrected chi connectivity index (χ4v) is 2.90. The average Bonchev–Trinajstić information content (AvgIpc) is 2.65. The van der Waals surface area contributed by atoms with Crippen molar-refractivity contribution in [3.63, 3.8) is 0 Å². The highest BCUT2D eigenvalue weighted by molar-refractivity contribution is 6.30. The van der Waals surface area contributed by atoms with E-state index >= 15 is 0 Å². The molecule has 0 aliphatic rings. The minimum absolute atomic E-state index is 0. The Bertz CT molecular complexity index is 709. The Labute approximate surface area is 189 Å². The highest BCUT2D eigenvalue weighted by atomic mass is 35.5. The lowest BCUT2D eigenvalue weighted by Gasteiger charge is -2.30. The number of hydrogen-bond donors (Lipinski definition) is 3. The van der Waals surface area contributed by atoms with Gasteiger partial charge in [-0.15, -0.1) is 12.4 Å².